The van der Waals surface area contributed by atoms with Crippen LogP contribution in [0.2, 0.25) is 5.02 Å². The second-order valence-electron chi connectivity index (χ2n) is 3.34. The summed E-state index contributed by atoms with van der Waals surface area (Å²) in [5.41, 5.74) is 1.85. The van der Waals surface area contributed by atoms with Crippen molar-refractivity contribution >= 4 is 42.1 Å². The van der Waals surface area contributed by atoms with E-state index in [2.05, 4.69) is 10.3 Å². The molecule has 0 fully saturated rings. The molecule has 0 aliphatic rings. The molecule has 2 aromatic rings. The summed E-state index contributed by atoms with van der Waals surface area (Å²) in [6.45, 7) is 0.635. The SMILES string of the molecule is Cl.Cl.Fc1ccc(NCc2cccnc2)cc1Cl. The first-order chi connectivity index (χ1) is 7.75. The third-order valence-electron chi connectivity index (χ3n) is 2.14. The maximum Gasteiger partial charge on any atom is 0.141 e. The molecule has 6 heteroatoms. The number of halogens is 4. The highest BCUT2D eigenvalue weighted by molar-refractivity contribution is 6.31. The smallest absolute Gasteiger partial charge is 0.141 e. The van der Waals surface area contributed by atoms with Gasteiger partial charge in [0.1, 0.15) is 5.82 Å². The molecule has 0 radical (unpaired) electrons. The van der Waals surface area contributed by atoms with Gasteiger partial charge >= 0.3 is 0 Å². The zero-order valence-corrected chi connectivity index (χ0v) is 11.7. The van der Waals surface area contributed by atoms with Crippen LogP contribution in [0.5, 0.6) is 0 Å². The molecule has 2 nitrogen and oxygen atoms in total. The Bertz CT molecular complexity index is 480. The minimum absolute atomic E-state index is 0. The topological polar surface area (TPSA) is 24.9 Å². The lowest BCUT2D eigenvalue weighted by atomic mass is 10.2. The van der Waals surface area contributed by atoms with Crippen LogP contribution in [-0.4, -0.2) is 4.98 Å². The van der Waals surface area contributed by atoms with Gasteiger partial charge in [0, 0.05) is 24.6 Å². The van der Waals surface area contributed by atoms with Crippen LogP contribution in [0.25, 0.3) is 0 Å². The van der Waals surface area contributed by atoms with Gasteiger partial charge in [0.15, 0.2) is 0 Å². The maximum atomic E-state index is 12.9. The number of rotatable bonds is 3. The molecule has 0 saturated carbocycles. The molecule has 0 saturated heterocycles. The predicted octanol–water partition coefficient (Wildman–Crippen LogP) is 4.33. The van der Waals surface area contributed by atoms with Gasteiger partial charge in [-0.2, -0.15) is 0 Å². The fraction of sp³-hybridized carbons (Fsp3) is 0.0833. The highest BCUT2D eigenvalue weighted by atomic mass is 35.5. The van der Waals surface area contributed by atoms with Crippen molar-refractivity contribution in [3.8, 4) is 0 Å². The Morgan fingerprint density at radius 2 is 2.00 bits per heavy atom. The fourth-order valence-electron chi connectivity index (χ4n) is 1.31. The van der Waals surface area contributed by atoms with Gasteiger partial charge in [-0.25, -0.2) is 4.39 Å². The van der Waals surface area contributed by atoms with Crippen LogP contribution in [-0.2, 0) is 6.54 Å². The first kappa shape index (κ1) is 17.0. The van der Waals surface area contributed by atoms with E-state index in [1.165, 1.54) is 6.07 Å². The molecule has 1 N–H and O–H groups in total. The number of aromatic nitrogens is 1. The molecule has 98 valence electrons. The van der Waals surface area contributed by atoms with E-state index in [0.29, 0.717) is 6.54 Å². The van der Waals surface area contributed by atoms with Gasteiger partial charge in [-0.05, 0) is 29.8 Å². The van der Waals surface area contributed by atoms with E-state index < -0.39 is 5.82 Å². The van der Waals surface area contributed by atoms with Crippen LogP contribution < -0.4 is 5.32 Å². The number of nitrogens with zero attached hydrogens (tertiary/aromatic N) is 1. The van der Waals surface area contributed by atoms with Gasteiger partial charge in [-0.1, -0.05) is 17.7 Å². The molecule has 2 rings (SSSR count). The van der Waals surface area contributed by atoms with Gasteiger partial charge in [0.05, 0.1) is 5.02 Å². The second kappa shape index (κ2) is 8.14. The molecule has 1 heterocycles. The highest BCUT2D eigenvalue weighted by Gasteiger charge is 2.00. The van der Waals surface area contributed by atoms with Gasteiger partial charge in [0.2, 0.25) is 0 Å². The van der Waals surface area contributed by atoms with Crippen molar-refractivity contribution in [1.82, 2.24) is 4.98 Å². The van der Waals surface area contributed by atoms with Gasteiger partial charge in [0.25, 0.3) is 0 Å². The summed E-state index contributed by atoms with van der Waals surface area (Å²) in [4.78, 5) is 4.00. The average molecular weight is 310 g/mol. The molecule has 0 aliphatic carbocycles. The van der Waals surface area contributed by atoms with E-state index in [4.69, 9.17) is 11.6 Å². The minimum Gasteiger partial charge on any atom is -0.381 e. The third kappa shape index (κ3) is 4.69. The summed E-state index contributed by atoms with van der Waals surface area (Å²) in [6.07, 6.45) is 3.50. The number of hydrogen-bond donors (Lipinski definition) is 1. The molecule has 0 unspecified atom stereocenters. The first-order valence-corrected chi connectivity index (χ1v) is 5.21. The zero-order valence-electron chi connectivity index (χ0n) is 9.27. The number of anilines is 1. The number of pyridine rings is 1. The van der Waals surface area contributed by atoms with Crippen LogP contribution in [0, 0.1) is 5.82 Å². The Kier molecular flexibility index (Phi) is 7.67. The van der Waals surface area contributed by atoms with Crippen LogP contribution in [0.1, 0.15) is 5.56 Å². The van der Waals surface area contributed by atoms with Gasteiger partial charge in [-0.3, -0.25) is 4.98 Å². The van der Waals surface area contributed by atoms with Crippen molar-refractivity contribution in [2.45, 2.75) is 6.54 Å². The van der Waals surface area contributed by atoms with Gasteiger partial charge in [-0.15, -0.1) is 24.8 Å². The summed E-state index contributed by atoms with van der Waals surface area (Å²) < 4.78 is 12.9. The molecular weight excluding hydrogens is 298 g/mol. The average Bonchev–Trinajstić information content (AvgIpc) is 2.32. The summed E-state index contributed by atoms with van der Waals surface area (Å²) in [5, 5.41) is 3.26. The molecule has 0 aliphatic heterocycles. The lowest BCUT2D eigenvalue weighted by Gasteiger charge is -2.06. The van der Waals surface area contributed by atoms with Crippen LogP contribution in [0.3, 0.4) is 0 Å². The maximum absolute atomic E-state index is 12.9. The molecule has 0 amide bonds. The summed E-state index contributed by atoms with van der Waals surface area (Å²) in [6, 6.07) is 8.39. The fourth-order valence-corrected chi connectivity index (χ4v) is 1.49. The number of benzene rings is 1. The zero-order chi connectivity index (χ0) is 11.4. The van der Waals surface area contributed by atoms with Crippen molar-refractivity contribution in [1.29, 1.82) is 0 Å². The number of hydrogen-bond acceptors (Lipinski definition) is 2. The Balaban J connectivity index is 0.00000144. The van der Waals surface area contributed by atoms with E-state index in [0.717, 1.165) is 11.3 Å². The lowest BCUT2D eigenvalue weighted by Crippen LogP contribution is -1.99. The van der Waals surface area contributed by atoms with Crippen LogP contribution in [0.4, 0.5) is 10.1 Å². The molecular formula is C12H12Cl3FN2. The van der Waals surface area contributed by atoms with E-state index >= 15 is 0 Å². The monoisotopic (exact) mass is 308 g/mol. The highest BCUT2D eigenvalue weighted by Crippen LogP contribution is 2.19. The first-order valence-electron chi connectivity index (χ1n) is 4.83. The molecule has 18 heavy (non-hydrogen) atoms. The van der Waals surface area contributed by atoms with E-state index in [1.54, 1.807) is 24.5 Å². The normalized spacial score (nSPS) is 9.00. The molecule has 0 spiro atoms. The predicted molar refractivity (Wildman–Crippen MR) is 77.5 cm³/mol. The Morgan fingerprint density at radius 1 is 1.22 bits per heavy atom. The Hall–Kier alpha value is -1.03. The van der Waals surface area contributed by atoms with E-state index in [-0.39, 0.29) is 29.8 Å². The van der Waals surface area contributed by atoms with Crippen molar-refractivity contribution < 1.29 is 4.39 Å². The largest absolute Gasteiger partial charge is 0.381 e. The Labute approximate surface area is 122 Å². The second-order valence-corrected chi connectivity index (χ2v) is 3.75. The van der Waals surface area contributed by atoms with Crippen molar-refractivity contribution in [2.75, 3.05) is 5.32 Å². The van der Waals surface area contributed by atoms with Gasteiger partial charge < -0.3 is 5.32 Å². The molecule has 0 bridgehead atoms. The van der Waals surface area contributed by atoms with Crippen LogP contribution in [0.15, 0.2) is 42.7 Å². The summed E-state index contributed by atoms with van der Waals surface area (Å²) in [5.74, 6) is -0.409. The van der Waals surface area contributed by atoms with Crippen molar-refractivity contribution in [3.63, 3.8) is 0 Å². The molecule has 1 aromatic heterocycles. The standard InChI is InChI=1S/C12H10ClFN2.2ClH/c13-11-6-10(3-4-12(11)14)16-8-9-2-1-5-15-7-9;;/h1-7,16H,8H2;2*1H. The van der Waals surface area contributed by atoms with Crippen molar-refractivity contribution in [2.24, 2.45) is 0 Å². The molecule has 1 aromatic carbocycles. The quantitative estimate of drug-likeness (QED) is 0.913. The van der Waals surface area contributed by atoms with Crippen molar-refractivity contribution in [3.05, 3.63) is 59.1 Å². The van der Waals surface area contributed by atoms with E-state index in [1.807, 2.05) is 12.1 Å². The molecule has 0 atom stereocenters. The summed E-state index contributed by atoms with van der Waals surface area (Å²) >= 11 is 5.67. The third-order valence-corrected chi connectivity index (χ3v) is 2.43. The minimum atomic E-state index is -0.409. The Morgan fingerprint density at radius 3 is 2.61 bits per heavy atom. The van der Waals surface area contributed by atoms with Crippen LogP contribution >= 0.6 is 36.4 Å². The van der Waals surface area contributed by atoms with E-state index in [9.17, 15) is 4.39 Å². The lowest BCUT2D eigenvalue weighted by molar-refractivity contribution is 0.628. The number of nitrogens with one attached hydrogen (secondary N) is 1. The summed E-state index contributed by atoms with van der Waals surface area (Å²) in [7, 11) is 0.